The molecular formula is C19H15ClN6O3. The molecule has 1 amide bonds. The van der Waals surface area contributed by atoms with E-state index in [0.29, 0.717) is 27.8 Å². The van der Waals surface area contributed by atoms with Crippen LogP contribution in [-0.2, 0) is 11.3 Å². The highest BCUT2D eigenvalue weighted by Gasteiger charge is 2.15. The van der Waals surface area contributed by atoms with Crippen molar-refractivity contribution in [1.29, 1.82) is 0 Å². The van der Waals surface area contributed by atoms with Gasteiger partial charge in [-0.25, -0.2) is 4.98 Å². The van der Waals surface area contributed by atoms with Crippen LogP contribution >= 0.6 is 11.6 Å². The van der Waals surface area contributed by atoms with Crippen LogP contribution in [0, 0.1) is 0 Å². The molecule has 0 aliphatic carbocycles. The summed E-state index contributed by atoms with van der Waals surface area (Å²) in [5.74, 6) is 0.303. The number of halogens is 1. The lowest BCUT2D eigenvalue weighted by Gasteiger charge is -2.07. The van der Waals surface area contributed by atoms with E-state index in [1.54, 1.807) is 55.6 Å². The highest BCUT2D eigenvalue weighted by atomic mass is 35.5. The second-order valence-corrected chi connectivity index (χ2v) is 6.54. The van der Waals surface area contributed by atoms with Crippen LogP contribution in [-0.4, -0.2) is 37.6 Å². The Hall–Kier alpha value is -3.72. The lowest BCUT2D eigenvalue weighted by molar-refractivity contribution is -0.116. The first-order valence-corrected chi connectivity index (χ1v) is 8.93. The minimum Gasteiger partial charge on any atom is -0.497 e. The molecule has 2 aromatic heterocycles. The maximum atomic E-state index is 12.7. The Balaban J connectivity index is 1.59. The van der Waals surface area contributed by atoms with Crippen molar-refractivity contribution in [3.8, 4) is 11.4 Å². The summed E-state index contributed by atoms with van der Waals surface area (Å²) in [6, 6.07) is 13.8. The van der Waals surface area contributed by atoms with Gasteiger partial charge in [0.1, 0.15) is 18.6 Å². The van der Waals surface area contributed by atoms with Crippen LogP contribution in [0.25, 0.3) is 16.9 Å². The number of nitrogens with zero attached hydrogens (tertiary/aromatic N) is 5. The van der Waals surface area contributed by atoms with Crippen molar-refractivity contribution in [2.75, 3.05) is 12.4 Å². The van der Waals surface area contributed by atoms with Gasteiger partial charge in [0.2, 0.25) is 5.91 Å². The molecule has 146 valence electrons. The maximum Gasteiger partial charge on any atom is 0.284 e. The molecular weight excluding hydrogens is 396 g/mol. The number of nitrogens with one attached hydrogen (secondary N) is 1. The number of ether oxygens (including phenoxy) is 1. The SMILES string of the molecule is COc1ccc(-n2nnc3c(=O)n(CC(=O)Nc4cccc(Cl)c4)cnc32)cc1. The van der Waals surface area contributed by atoms with Gasteiger partial charge in [-0.15, -0.1) is 5.10 Å². The highest BCUT2D eigenvalue weighted by molar-refractivity contribution is 6.30. The Morgan fingerprint density at radius 1 is 1.21 bits per heavy atom. The van der Waals surface area contributed by atoms with Gasteiger partial charge in [0.15, 0.2) is 11.2 Å². The standard InChI is InChI=1S/C19H15ClN6O3/c1-29-15-7-5-14(6-8-15)26-18-17(23-24-26)19(28)25(11-21-18)10-16(27)22-13-4-2-3-12(20)9-13/h2-9,11H,10H2,1H3,(H,22,27). The minimum absolute atomic E-state index is 0.0684. The van der Waals surface area contributed by atoms with Crippen molar-refractivity contribution < 1.29 is 9.53 Å². The molecule has 0 aliphatic rings. The second kappa shape index (κ2) is 7.72. The van der Waals surface area contributed by atoms with Crippen molar-refractivity contribution in [3.63, 3.8) is 0 Å². The topological polar surface area (TPSA) is 104 Å². The van der Waals surface area contributed by atoms with Crippen molar-refractivity contribution >= 4 is 34.4 Å². The van der Waals surface area contributed by atoms with E-state index in [2.05, 4.69) is 20.6 Å². The fraction of sp³-hybridized carbons (Fsp3) is 0.105. The van der Waals surface area contributed by atoms with Gasteiger partial charge >= 0.3 is 0 Å². The van der Waals surface area contributed by atoms with Gasteiger partial charge in [0, 0.05) is 10.7 Å². The Kier molecular flexibility index (Phi) is 4.96. The van der Waals surface area contributed by atoms with Crippen molar-refractivity contribution in [1.82, 2.24) is 24.5 Å². The Morgan fingerprint density at radius 3 is 2.72 bits per heavy atom. The number of carbonyl (C=O) groups is 1. The first-order valence-electron chi connectivity index (χ1n) is 8.56. The zero-order valence-corrected chi connectivity index (χ0v) is 16.0. The van der Waals surface area contributed by atoms with Gasteiger partial charge < -0.3 is 10.1 Å². The van der Waals surface area contributed by atoms with E-state index in [1.165, 1.54) is 15.6 Å². The summed E-state index contributed by atoms with van der Waals surface area (Å²) < 4.78 is 7.76. The summed E-state index contributed by atoms with van der Waals surface area (Å²) in [7, 11) is 1.58. The van der Waals surface area contributed by atoms with E-state index in [9.17, 15) is 9.59 Å². The van der Waals surface area contributed by atoms with E-state index in [0.717, 1.165) is 0 Å². The number of fused-ring (bicyclic) bond motifs is 1. The molecule has 0 spiro atoms. The molecule has 0 bridgehead atoms. The zero-order chi connectivity index (χ0) is 20.4. The molecule has 0 aliphatic heterocycles. The predicted molar refractivity (Wildman–Crippen MR) is 108 cm³/mol. The van der Waals surface area contributed by atoms with Crippen LogP contribution in [0.4, 0.5) is 5.69 Å². The third-order valence-electron chi connectivity index (χ3n) is 4.17. The summed E-state index contributed by atoms with van der Waals surface area (Å²) in [6.07, 6.45) is 1.30. The first kappa shape index (κ1) is 18.6. The number of aromatic nitrogens is 5. The molecule has 0 atom stereocenters. The van der Waals surface area contributed by atoms with Gasteiger partial charge in [-0.05, 0) is 42.5 Å². The molecule has 0 unspecified atom stereocenters. The molecule has 29 heavy (non-hydrogen) atoms. The molecule has 4 rings (SSSR count). The molecule has 1 N–H and O–H groups in total. The number of methoxy groups -OCH3 is 1. The van der Waals surface area contributed by atoms with E-state index in [1.807, 2.05) is 0 Å². The molecule has 0 radical (unpaired) electrons. The highest BCUT2D eigenvalue weighted by Crippen LogP contribution is 2.17. The average Bonchev–Trinajstić information content (AvgIpc) is 3.15. The number of hydrogen-bond acceptors (Lipinski definition) is 6. The van der Waals surface area contributed by atoms with Crippen molar-refractivity contribution in [2.24, 2.45) is 0 Å². The van der Waals surface area contributed by atoms with Gasteiger partial charge in [-0.1, -0.05) is 22.9 Å². The van der Waals surface area contributed by atoms with Crippen molar-refractivity contribution in [2.45, 2.75) is 6.54 Å². The number of benzene rings is 2. The normalized spacial score (nSPS) is 10.8. The third-order valence-corrected chi connectivity index (χ3v) is 4.40. The largest absolute Gasteiger partial charge is 0.497 e. The first-order chi connectivity index (χ1) is 14.0. The molecule has 2 aromatic carbocycles. The number of amides is 1. The van der Waals surface area contributed by atoms with Gasteiger partial charge in [0.05, 0.1) is 12.8 Å². The third kappa shape index (κ3) is 3.81. The van der Waals surface area contributed by atoms with Crippen LogP contribution in [0.1, 0.15) is 0 Å². The molecule has 10 heteroatoms. The number of rotatable bonds is 5. The van der Waals surface area contributed by atoms with Crippen LogP contribution in [0.2, 0.25) is 5.02 Å². The van der Waals surface area contributed by atoms with E-state index in [-0.39, 0.29) is 12.1 Å². The van der Waals surface area contributed by atoms with Gasteiger partial charge in [-0.2, -0.15) is 4.68 Å². The van der Waals surface area contributed by atoms with Gasteiger partial charge in [-0.3, -0.25) is 14.2 Å². The quantitative estimate of drug-likeness (QED) is 0.541. The summed E-state index contributed by atoms with van der Waals surface area (Å²) in [6.45, 7) is -0.219. The smallest absolute Gasteiger partial charge is 0.284 e. The summed E-state index contributed by atoms with van der Waals surface area (Å²) in [5.41, 5.74) is 1.12. The maximum absolute atomic E-state index is 12.7. The number of anilines is 1. The van der Waals surface area contributed by atoms with E-state index >= 15 is 0 Å². The molecule has 0 saturated carbocycles. The summed E-state index contributed by atoms with van der Waals surface area (Å²) in [4.78, 5) is 29.2. The fourth-order valence-electron chi connectivity index (χ4n) is 2.78. The van der Waals surface area contributed by atoms with Crippen LogP contribution in [0.3, 0.4) is 0 Å². The Morgan fingerprint density at radius 2 is 2.00 bits per heavy atom. The predicted octanol–water partition coefficient (Wildman–Crippen LogP) is 2.28. The second-order valence-electron chi connectivity index (χ2n) is 6.11. The van der Waals surface area contributed by atoms with Crippen LogP contribution < -0.4 is 15.6 Å². The minimum atomic E-state index is -0.462. The molecule has 4 aromatic rings. The molecule has 2 heterocycles. The average molecular weight is 411 g/mol. The molecule has 0 saturated heterocycles. The Labute approximate surface area is 169 Å². The van der Waals surface area contributed by atoms with E-state index in [4.69, 9.17) is 16.3 Å². The fourth-order valence-corrected chi connectivity index (χ4v) is 2.97. The van der Waals surface area contributed by atoms with Crippen LogP contribution in [0.15, 0.2) is 59.7 Å². The van der Waals surface area contributed by atoms with Gasteiger partial charge in [0.25, 0.3) is 5.56 Å². The molecule has 9 nitrogen and oxygen atoms in total. The lowest BCUT2D eigenvalue weighted by Crippen LogP contribution is -2.28. The summed E-state index contributed by atoms with van der Waals surface area (Å²) >= 11 is 5.91. The zero-order valence-electron chi connectivity index (χ0n) is 15.2. The lowest BCUT2D eigenvalue weighted by atomic mass is 10.3. The van der Waals surface area contributed by atoms with Crippen LogP contribution in [0.5, 0.6) is 5.75 Å². The monoisotopic (exact) mass is 410 g/mol. The number of hydrogen-bond donors (Lipinski definition) is 1. The molecule has 0 fully saturated rings. The summed E-state index contributed by atoms with van der Waals surface area (Å²) in [5, 5.41) is 11.1. The number of carbonyl (C=O) groups excluding carboxylic acids is 1. The van der Waals surface area contributed by atoms with E-state index < -0.39 is 11.5 Å². The van der Waals surface area contributed by atoms with Crippen molar-refractivity contribution in [3.05, 3.63) is 70.2 Å². The Bertz CT molecular complexity index is 1250.